The van der Waals surface area contributed by atoms with E-state index in [0.29, 0.717) is 19.7 Å². The summed E-state index contributed by atoms with van der Waals surface area (Å²) in [5, 5.41) is 3.38. The second-order valence-corrected chi connectivity index (χ2v) is 7.31. The first kappa shape index (κ1) is 20.0. The minimum atomic E-state index is -0.329. The first-order valence-corrected chi connectivity index (χ1v) is 10.6. The third-order valence-electron chi connectivity index (χ3n) is 5.63. The monoisotopic (exact) mass is 404 g/mol. The molecule has 4 rings (SSSR count). The lowest BCUT2D eigenvalue weighted by Gasteiger charge is -2.33. The van der Waals surface area contributed by atoms with Gasteiger partial charge in [-0.2, -0.15) is 0 Å². The van der Waals surface area contributed by atoms with Crippen molar-refractivity contribution in [2.45, 2.75) is 33.7 Å². The number of carbonyl (C=O) groups is 1. The van der Waals surface area contributed by atoms with E-state index in [4.69, 9.17) is 9.72 Å². The van der Waals surface area contributed by atoms with Crippen LogP contribution in [0.2, 0.25) is 0 Å². The molecule has 0 unspecified atom stereocenters. The largest absolute Gasteiger partial charge is 0.494 e. The van der Waals surface area contributed by atoms with Crippen molar-refractivity contribution >= 4 is 22.9 Å². The van der Waals surface area contributed by atoms with E-state index in [1.165, 1.54) is 0 Å². The highest BCUT2D eigenvalue weighted by Gasteiger charge is 2.36. The lowest BCUT2D eigenvalue weighted by atomic mass is 9.93. The number of amides is 1. The second-order valence-electron chi connectivity index (χ2n) is 7.31. The molecule has 156 valence electrons. The van der Waals surface area contributed by atoms with Crippen LogP contribution in [0.3, 0.4) is 0 Å². The molecule has 0 saturated carbocycles. The molecule has 3 aromatic rings. The summed E-state index contributed by atoms with van der Waals surface area (Å²) in [5.74, 6) is 1.55. The summed E-state index contributed by atoms with van der Waals surface area (Å²) in [6.45, 7) is 9.81. The Hall–Kier alpha value is -3.28. The van der Waals surface area contributed by atoms with Crippen LogP contribution >= 0.6 is 0 Å². The normalized spacial score (nSPS) is 15.7. The molecular formula is C24H28N4O2. The molecule has 0 bridgehead atoms. The van der Waals surface area contributed by atoms with Gasteiger partial charge in [0.05, 0.1) is 29.3 Å². The molecule has 2 aromatic carbocycles. The Morgan fingerprint density at radius 2 is 1.80 bits per heavy atom. The van der Waals surface area contributed by atoms with Gasteiger partial charge in [-0.25, -0.2) is 4.98 Å². The summed E-state index contributed by atoms with van der Waals surface area (Å²) in [5.41, 5.74) is 4.38. The molecule has 0 saturated heterocycles. The molecule has 0 radical (unpaired) electrons. The maximum atomic E-state index is 13.6. The second kappa shape index (κ2) is 8.22. The van der Waals surface area contributed by atoms with Crippen molar-refractivity contribution in [1.29, 1.82) is 0 Å². The van der Waals surface area contributed by atoms with Crippen LogP contribution in [-0.4, -0.2) is 40.1 Å². The number of ether oxygens (including phenoxy) is 1. The number of benzene rings is 2. The number of fused-ring (bicyclic) bond motifs is 3. The SMILES string of the molecule is CCOc1ccccc1[C@@H]1C(C(=O)N(CC)CC)=C(C)Nc2nc3ccccc3n21. The molecule has 1 aromatic heterocycles. The number of imidazole rings is 1. The number of likely N-dealkylation sites (N-methyl/N-ethyl adjacent to an activating group) is 1. The number of nitrogens with zero attached hydrogens (tertiary/aromatic N) is 3. The average molecular weight is 405 g/mol. The van der Waals surface area contributed by atoms with Crippen molar-refractivity contribution in [3.8, 4) is 5.75 Å². The van der Waals surface area contributed by atoms with Gasteiger partial charge in [0.2, 0.25) is 5.95 Å². The number of anilines is 1. The van der Waals surface area contributed by atoms with Crippen LogP contribution in [0.25, 0.3) is 11.0 Å². The van der Waals surface area contributed by atoms with Gasteiger partial charge < -0.3 is 15.0 Å². The molecule has 30 heavy (non-hydrogen) atoms. The summed E-state index contributed by atoms with van der Waals surface area (Å²) in [6, 6.07) is 15.7. The van der Waals surface area contributed by atoms with Crippen molar-refractivity contribution in [3.63, 3.8) is 0 Å². The molecule has 1 aliphatic rings. The number of rotatable bonds is 6. The molecule has 1 amide bonds. The van der Waals surface area contributed by atoms with E-state index >= 15 is 0 Å². The molecule has 6 heteroatoms. The molecule has 1 N–H and O–H groups in total. The average Bonchev–Trinajstić information content (AvgIpc) is 3.12. The maximum absolute atomic E-state index is 13.6. The first-order valence-electron chi connectivity index (χ1n) is 10.6. The summed E-state index contributed by atoms with van der Waals surface area (Å²) in [7, 11) is 0. The topological polar surface area (TPSA) is 59.4 Å². The molecule has 1 aliphatic heterocycles. The zero-order chi connectivity index (χ0) is 21.3. The summed E-state index contributed by atoms with van der Waals surface area (Å²) >= 11 is 0. The van der Waals surface area contributed by atoms with E-state index < -0.39 is 0 Å². The zero-order valence-corrected chi connectivity index (χ0v) is 18.0. The van der Waals surface area contributed by atoms with E-state index in [1.807, 2.05) is 81.1 Å². The highest BCUT2D eigenvalue weighted by molar-refractivity contribution is 5.98. The Labute approximate surface area is 177 Å². The van der Waals surface area contributed by atoms with Crippen LogP contribution in [0.1, 0.15) is 39.3 Å². The number of hydrogen-bond acceptors (Lipinski definition) is 4. The highest BCUT2D eigenvalue weighted by Crippen LogP contribution is 2.42. The lowest BCUT2D eigenvalue weighted by molar-refractivity contribution is -0.127. The van der Waals surface area contributed by atoms with Gasteiger partial charge in [-0.05, 0) is 45.9 Å². The molecule has 1 atom stereocenters. The Morgan fingerprint density at radius 1 is 1.10 bits per heavy atom. The molecular weight excluding hydrogens is 376 g/mol. The van der Waals surface area contributed by atoms with Gasteiger partial charge in [0.1, 0.15) is 5.75 Å². The van der Waals surface area contributed by atoms with E-state index in [0.717, 1.165) is 39.6 Å². The zero-order valence-electron chi connectivity index (χ0n) is 18.0. The van der Waals surface area contributed by atoms with Crippen molar-refractivity contribution in [3.05, 3.63) is 65.4 Å². The summed E-state index contributed by atoms with van der Waals surface area (Å²) < 4.78 is 8.09. The lowest BCUT2D eigenvalue weighted by Crippen LogP contribution is -2.38. The van der Waals surface area contributed by atoms with Gasteiger partial charge in [0.15, 0.2) is 0 Å². The predicted octanol–water partition coefficient (Wildman–Crippen LogP) is 4.59. The van der Waals surface area contributed by atoms with Gasteiger partial charge >= 0.3 is 0 Å². The number of aromatic nitrogens is 2. The third-order valence-corrected chi connectivity index (χ3v) is 5.63. The Bertz CT molecular complexity index is 1110. The standard InChI is InChI=1S/C24H28N4O2/c1-5-27(6-2)23(29)21-16(4)25-24-26-18-13-9-10-14-19(18)28(24)22(21)17-12-8-11-15-20(17)30-7-3/h8-15,22H,5-7H2,1-4H3,(H,25,26)/t22-/m1/s1. The Balaban J connectivity index is 1.99. The Kier molecular flexibility index (Phi) is 5.48. The maximum Gasteiger partial charge on any atom is 0.253 e. The molecule has 2 heterocycles. The number of hydrogen-bond donors (Lipinski definition) is 1. The van der Waals surface area contributed by atoms with Crippen LogP contribution in [0.15, 0.2) is 59.8 Å². The summed E-state index contributed by atoms with van der Waals surface area (Å²) in [4.78, 5) is 20.3. The van der Waals surface area contributed by atoms with Crippen LogP contribution in [0, 0.1) is 0 Å². The summed E-state index contributed by atoms with van der Waals surface area (Å²) in [6.07, 6.45) is 0. The molecule has 0 fully saturated rings. The smallest absolute Gasteiger partial charge is 0.253 e. The van der Waals surface area contributed by atoms with Crippen molar-refractivity contribution in [2.24, 2.45) is 0 Å². The predicted molar refractivity (Wildman–Crippen MR) is 120 cm³/mol. The van der Waals surface area contributed by atoms with Crippen molar-refractivity contribution in [1.82, 2.24) is 14.5 Å². The van der Waals surface area contributed by atoms with Crippen LogP contribution in [0.5, 0.6) is 5.75 Å². The highest BCUT2D eigenvalue weighted by atomic mass is 16.5. The van der Waals surface area contributed by atoms with Gasteiger partial charge in [0, 0.05) is 24.4 Å². The van der Waals surface area contributed by atoms with Gasteiger partial charge in [-0.3, -0.25) is 9.36 Å². The van der Waals surface area contributed by atoms with Crippen molar-refractivity contribution in [2.75, 3.05) is 25.0 Å². The number of para-hydroxylation sites is 3. The van der Waals surface area contributed by atoms with E-state index in [9.17, 15) is 4.79 Å². The minimum absolute atomic E-state index is 0.0322. The Morgan fingerprint density at radius 3 is 2.53 bits per heavy atom. The number of nitrogens with one attached hydrogen (secondary N) is 1. The quantitative estimate of drug-likeness (QED) is 0.653. The fraction of sp³-hybridized carbons (Fsp3) is 0.333. The third kappa shape index (κ3) is 3.22. The fourth-order valence-corrected chi connectivity index (χ4v) is 4.21. The van der Waals surface area contributed by atoms with Crippen LogP contribution in [0.4, 0.5) is 5.95 Å². The molecule has 0 spiro atoms. The van der Waals surface area contributed by atoms with Gasteiger partial charge in [0.25, 0.3) is 5.91 Å². The van der Waals surface area contributed by atoms with Crippen molar-refractivity contribution < 1.29 is 9.53 Å². The van der Waals surface area contributed by atoms with E-state index in [-0.39, 0.29) is 11.9 Å². The van der Waals surface area contributed by atoms with E-state index in [2.05, 4.69) is 9.88 Å². The van der Waals surface area contributed by atoms with E-state index in [1.54, 1.807) is 0 Å². The van der Waals surface area contributed by atoms with Crippen LogP contribution < -0.4 is 10.1 Å². The van der Waals surface area contributed by atoms with Crippen LogP contribution in [-0.2, 0) is 4.79 Å². The minimum Gasteiger partial charge on any atom is -0.494 e. The molecule has 6 nitrogen and oxygen atoms in total. The van der Waals surface area contributed by atoms with Gasteiger partial charge in [-0.1, -0.05) is 30.3 Å². The fourth-order valence-electron chi connectivity index (χ4n) is 4.21. The molecule has 0 aliphatic carbocycles. The number of allylic oxidation sites excluding steroid dienone is 1. The van der Waals surface area contributed by atoms with Gasteiger partial charge in [-0.15, -0.1) is 0 Å². The first-order chi connectivity index (χ1) is 14.6. The number of carbonyl (C=O) groups excluding carboxylic acids is 1.